The summed E-state index contributed by atoms with van der Waals surface area (Å²) in [5.41, 5.74) is -0.486. The third kappa shape index (κ3) is 6.34. The number of nitro groups is 1. The Balaban J connectivity index is 2.02. The Kier molecular flexibility index (Phi) is 8.29. The maximum atomic E-state index is 13.3. The van der Waals surface area contributed by atoms with Crippen LogP contribution in [0.3, 0.4) is 0 Å². The van der Waals surface area contributed by atoms with Gasteiger partial charge in [-0.15, -0.1) is 10.2 Å². The number of aromatic hydroxyl groups is 1. The summed E-state index contributed by atoms with van der Waals surface area (Å²) in [6.07, 6.45) is 0.820. The highest BCUT2D eigenvalue weighted by atomic mass is 32.2. The average molecular weight is 648 g/mol. The molecule has 0 spiro atoms. The zero-order valence-corrected chi connectivity index (χ0v) is 25.5. The van der Waals surface area contributed by atoms with Crippen LogP contribution in [0.4, 0.5) is 22.7 Å². The van der Waals surface area contributed by atoms with E-state index in [9.17, 15) is 40.5 Å². The molecule has 4 rings (SSSR count). The van der Waals surface area contributed by atoms with E-state index in [-0.39, 0.29) is 32.7 Å². The molecule has 17 heteroatoms. The molecule has 43 heavy (non-hydrogen) atoms. The molecule has 0 radical (unpaired) electrons. The summed E-state index contributed by atoms with van der Waals surface area (Å²) >= 11 is 0. The van der Waals surface area contributed by atoms with E-state index in [1.54, 1.807) is 19.1 Å². The second kappa shape index (κ2) is 11.3. The van der Waals surface area contributed by atoms with Crippen molar-refractivity contribution >= 4 is 63.4 Å². The zero-order valence-electron chi connectivity index (χ0n) is 23.1. The number of nitrogens with zero attached hydrogens (tertiary/aromatic N) is 4. The Morgan fingerprint density at radius 1 is 0.860 bits per heavy atom. The molecule has 2 N–H and O–H groups in total. The number of nitrogens with one attached hydrogen (secondary N) is 1. The topological polar surface area (TPSA) is 206 Å². The third-order valence-electron chi connectivity index (χ3n) is 6.20. The van der Waals surface area contributed by atoms with Gasteiger partial charge in [0.05, 0.1) is 21.2 Å². The molecule has 226 valence electrons. The van der Waals surface area contributed by atoms with E-state index >= 15 is 0 Å². The molecule has 0 amide bonds. The van der Waals surface area contributed by atoms with Crippen LogP contribution in [0.1, 0.15) is 5.56 Å². The van der Waals surface area contributed by atoms with Crippen LogP contribution in [0.2, 0.25) is 0 Å². The summed E-state index contributed by atoms with van der Waals surface area (Å²) < 4.78 is 80.8. The second-order valence-electron chi connectivity index (χ2n) is 9.56. The summed E-state index contributed by atoms with van der Waals surface area (Å²) in [6.45, 7) is 1.71. The Morgan fingerprint density at radius 3 is 2.12 bits per heavy atom. The van der Waals surface area contributed by atoms with Gasteiger partial charge in [0.2, 0.25) is 10.0 Å². The molecule has 0 saturated carbocycles. The van der Waals surface area contributed by atoms with Crippen LogP contribution in [-0.2, 0) is 29.9 Å². The van der Waals surface area contributed by atoms with Crippen molar-refractivity contribution in [3.63, 3.8) is 0 Å². The molecular weight excluding hydrogens is 623 g/mol. The zero-order chi connectivity index (χ0) is 31.9. The molecule has 4 aromatic rings. The highest BCUT2D eigenvalue weighted by Gasteiger charge is 2.27. The van der Waals surface area contributed by atoms with Gasteiger partial charge in [0.1, 0.15) is 21.2 Å². The molecule has 0 fully saturated rings. The van der Waals surface area contributed by atoms with Crippen molar-refractivity contribution in [1.82, 2.24) is 4.31 Å². The first kappa shape index (κ1) is 31.5. The number of fused-ring (bicyclic) bond motifs is 1. The molecule has 0 aliphatic rings. The van der Waals surface area contributed by atoms with Crippen LogP contribution in [0.5, 0.6) is 5.75 Å². The van der Waals surface area contributed by atoms with Gasteiger partial charge >= 0.3 is 0 Å². The maximum Gasteiger partial charge on any atom is 0.270 e. The fourth-order valence-electron chi connectivity index (χ4n) is 4.07. The van der Waals surface area contributed by atoms with Gasteiger partial charge in [0.15, 0.2) is 9.84 Å². The quantitative estimate of drug-likeness (QED) is 0.147. The van der Waals surface area contributed by atoms with Gasteiger partial charge in [0.25, 0.3) is 15.7 Å². The largest absolute Gasteiger partial charge is 0.506 e. The normalized spacial score (nSPS) is 12.7. The maximum absolute atomic E-state index is 13.3. The van der Waals surface area contributed by atoms with Crippen LogP contribution in [-0.4, -0.2) is 59.9 Å². The van der Waals surface area contributed by atoms with Crippen molar-refractivity contribution in [2.24, 2.45) is 10.2 Å². The number of aryl methyl sites for hydroxylation is 1. The Morgan fingerprint density at radius 2 is 1.51 bits per heavy atom. The second-order valence-corrected chi connectivity index (χ2v) is 15.3. The summed E-state index contributed by atoms with van der Waals surface area (Å²) in [4.78, 5) is 9.28. The molecule has 0 saturated heterocycles. The number of nitro benzene ring substituents is 1. The summed E-state index contributed by atoms with van der Waals surface area (Å²) in [6, 6.07) is 14.0. The first-order valence-electron chi connectivity index (χ1n) is 12.1. The SMILES string of the molecule is Cc1cccc(S(=O)(=O)Nc2cccc3c(O)c(S(=O)(=O)N(C)C)cc(N=Nc4ccc([N+](=O)[O-])cc4S(C)(=O)=O)c23)c1. The molecule has 14 nitrogen and oxygen atoms in total. The molecule has 0 bridgehead atoms. The lowest BCUT2D eigenvalue weighted by Gasteiger charge is -2.17. The molecule has 0 unspecified atom stereocenters. The number of phenols is 1. The van der Waals surface area contributed by atoms with Crippen molar-refractivity contribution < 1.29 is 35.3 Å². The first-order valence-corrected chi connectivity index (χ1v) is 17.0. The third-order valence-corrected chi connectivity index (χ3v) is 10.5. The molecule has 0 aliphatic carbocycles. The number of sulfone groups is 1. The number of rotatable bonds is 9. The first-order chi connectivity index (χ1) is 19.9. The molecule has 0 atom stereocenters. The molecule has 0 heterocycles. The number of azo groups is 1. The van der Waals surface area contributed by atoms with E-state index in [1.165, 1.54) is 44.4 Å². The minimum Gasteiger partial charge on any atom is -0.506 e. The Labute approximate surface area is 247 Å². The van der Waals surface area contributed by atoms with Gasteiger partial charge in [-0.05, 0) is 42.8 Å². The molecular formula is C26H25N5O9S3. The van der Waals surface area contributed by atoms with Gasteiger partial charge < -0.3 is 5.11 Å². The number of anilines is 1. The predicted octanol–water partition coefficient (Wildman–Crippen LogP) is 4.63. The number of sulfonamides is 2. The van der Waals surface area contributed by atoms with Crippen LogP contribution in [0.15, 0.2) is 91.6 Å². The Hall–Kier alpha value is -4.45. The summed E-state index contributed by atoms with van der Waals surface area (Å²) in [7, 11) is -10.0. The van der Waals surface area contributed by atoms with E-state index in [1.807, 2.05) is 0 Å². The van der Waals surface area contributed by atoms with E-state index in [0.29, 0.717) is 5.56 Å². The molecule has 0 aromatic heterocycles. The van der Waals surface area contributed by atoms with E-state index in [4.69, 9.17) is 0 Å². The van der Waals surface area contributed by atoms with Crippen LogP contribution < -0.4 is 4.72 Å². The van der Waals surface area contributed by atoms with Gasteiger partial charge in [-0.25, -0.2) is 29.6 Å². The van der Waals surface area contributed by atoms with Crippen molar-refractivity contribution in [2.75, 3.05) is 25.1 Å². The monoisotopic (exact) mass is 647 g/mol. The van der Waals surface area contributed by atoms with Gasteiger partial charge in [-0.2, -0.15) is 0 Å². The van der Waals surface area contributed by atoms with Gasteiger partial charge in [0, 0.05) is 43.3 Å². The van der Waals surface area contributed by atoms with Crippen LogP contribution >= 0.6 is 0 Å². The standard InChI is InChI=1S/C26H25N5O9S3/c1-16-7-5-8-18(13-16)42(37,38)29-21-10-6-9-19-25(21)22(15-24(26(19)32)43(39,40)30(2)3)28-27-20-12-11-17(31(33)34)14-23(20)41(4,35)36/h5-15,29,32H,1-4H3. The number of phenolic OH excluding ortho intramolecular Hbond substituents is 1. The van der Waals surface area contributed by atoms with Gasteiger partial charge in [-0.3, -0.25) is 14.8 Å². The van der Waals surface area contributed by atoms with Gasteiger partial charge in [-0.1, -0.05) is 24.3 Å². The van der Waals surface area contributed by atoms with E-state index in [0.717, 1.165) is 34.8 Å². The molecule has 0 aliphatic heterocycles. The fraction of sp³-hybridized carbons (Fsp3) is 0.154. The minimum atomic E-state index is -4.27. The van der Waals surface area contributed by atoms with Crippen LogP contribution in [0.25, 0.3) is 10.8 Å². The number of hydrogen-bond donors (Lipinski definition) is 2. The lowest BCUT2D eigenvalue weighted by molar-refractivity contribution is -0.385. The van der Waals surface area contributed by atoms with Crippen LogP contribution in [0, 0.1) is 17.0 Å². The van der Waals surface area contributed by atoms with E-state index < -0.39 is 56.0 Å². The van der Waals surface area contributed by atoms with Crippen molar-refractivity contribution in [2.45, 2.75) is 21.6 Å². The highest BCUT2D eigenvalue weighted by molar-refractivity contribution is 7.92. The lowest BCUT2D eigenvalue weighted by Crippen LogP contribution is -2.22. The lowest BCUT2D eigenvalue weighted by atomic mass is 10.1. The Bertz CT molecular complexity index is 2150. The number of benzene rings is 4. The summed E-state index contributed by atoms with van der Waals surface area (Å²) in [5.74, 6) is -0.689. The van der Waals surface area contributed by atoms with Crippen molar-refractivity contribution in [3.05, 3.63) is 82.4 Å². The molecule has 4 aromatic carbocycles. The average Bonchev–Trinajstić information content (AvgIpc) is 2.92. The minimum absolute atomic E-state index is 0.0551. The van der Waals surface area contributed by atoms with Crippen molar-refractivity contribution in [1.29, 1.82) is 0 Å². The van der Waals surface area contributed by atoms with Crippen molar-refractivity contribution in [3.8, 4) is 5.75 Å². The highest BCUT2D eigenvalue weighted by Crippen LogP contribution is 2.44. The number of non-ortho nitro benzene ring substituents is 1. The van der Waals surface area contributed by atoms with E-state index in [2.05, 4.69) is 15.0 Å². The summed E-state index contributed by atoms with van der Waals surface area (Å²) in [5, 5.41) is 30.1. The predicted molar refractivity (Wildman–Crippen MR) is 159 cm³/mol. The smallest absolute Gasteiger partial charge is 0.270 e. The number of hydrogen-bond acceptors (Lipinski definition) is 11. The fourth-order valence-corrected chi connectivity index (χ4v) is 7.08.